The lowest BCUT2D eigenvalue weighted by Crippen LogP contribution is -2.41. The van der Waals surface area contributed by atoms with E-state index in [4.69, 9.17) is 18.6 Å². The molecule has 0 spiro atoms. The van der Waals surface area contributed by atoms with Crippen molar-refractivity contribution in [2.24, 2.45) is 11.8 Å². The highest BCUT2D eigenvalue weighted by Gasteiger charge is 2.56. The minimum atomic E-state index is -0.643. The van der Waals surface area contributed by atoms with E-state index in [9.17, 15) is 0 Å². The molecule has 10 heteroatoms. The summed E-state index contributed by atoms with van der Waals surface area (Å²) in [5.41, 5.74) is 3.58. The van der Waals surface area contributed by atoms with Gasteiger partial charge in [-0.2, -0.15) is 0 Å². The summed E-state index contributed by atoms with van der Waals surface area (Å²) < 4.78 is 26.6. The second kappa shape index (κ2) is 28.3. The molecule has 4 aliphatic heterocycles. The third-order valence-electron chi connectivity index (χ3n) is 18.6. The molecule has 0 saturated carbocycles. The number of rotatable bonds is 35. The Morgan fingerprint density at radius 2 is 0.662 bits per heavy atom. The number of hydrogen-bond acceptors (Lipinski definition) is 6. The number of fused-ring (bicyclic) bond motifs is 2. The maximum absolute atomic E-state index is 15.9. The Hall–Kier alpha value is -2.65. The standard InChI is InChI=1S/C64H106B2N2O6/c1-13-17-21-25-29-33-37-49(38-34-30-26-22-18-14-2)47-67-55-45-51(65-71-61(5,6)62(7,8)72-65)41-43-53(55)57(59(67)69)58-54-44-42-52(66-73-63(9,10)64(11,12)74-66)46-56(54)68(60(58)70)48-50(39-35-31-27-23-19-15-3)40-36-32-28-24-20-16-4/h41-46,49-50,57-58H,13-40,47-48H2,1-12H3. The number of anilines is 2. The van der Waals surface area contributed by atoms with Gasteiger partial charge in [0, 0.05) is 24.5 Å². The largest absolute Gasteiger partial charge is 0.494 e. The molecule has 0 bridgehead atoms. The molecule has 2 aromatic rings. The predicted molar refractivity (Wildman–Crippen MR) is 313 cm³/mol. The molecule has 414 valence electrons. The number of nitrogens with zero attached hydrogens (tertiary/aromatic N) is 2. The minimum absolute atomic E-state index is 0.0545. The highest BCUT2D eigenvalue weighted by Crippen LogP contribution is 2.52. The Morgan fingerprint density at radius 1 is 0.405 bits per heavy atom. The second-order valence-corrected chi connectivity index (χ2v) is 25.6. The fourth-order valence-corrected chi connectivity index (χ4v) is 12.3. The van der Waals surface area contributed by atoms with Gasteiger partial charge in [0.2, 0.25) is 11.8 Å². The first kappa shape index (κ1) is 60.6. The van der Waals surface area contributed by atoms with Crippen LogP contribution >= 0.6 is 0 Å². The molecular formula is C64H106B2N2O6. The van der Waals surface area contributed by atoms with Crippen molar-refractivity contribution in [1.82, 2.24) is 0 Å². The normalized spacial score (nSPS) is 20.6. The zero-order chi connectivity index (χ0) is 53.5. The third-order valence-corrected chi connectivity index (χ3v) is 18.6. The molecule has 2 unspecified atom stereocenters. The molecule has 0 aromatic heterocycles. The Balaban J connectivity index is 1.38. The van der Waals surface area contributed by atoms with Gasteiger partial charge in [0.1, 0.15) is 0 Å². The number of hydrogen-bond donors (Lipinski definition) is 0. The van der Waals surface area contributed by atoms with E-state index in [0.29, 0.717) is 24.9 Å². The molecule has 0 aliphatic carbocycles. The van der Waals surface area contributed by atoms with Crippen molar-refractivity contribution in [2.75, 3.05) is 22.9 Å². The van der Waals surface area contributed by atoms with E-state index in [2.05, 4.69) is 129 Å². The molecule has 6 rings (SSSR count). The van der Waals surface area contributed by atoms with Gasteiger partial charge in [-0.25, -0.2) is 0 Å². The van der Waals surface area contributed by atoms with Gasteiger partial charge in [0.05, 0.1) is 34.2 Å². The molecule has 8 nitrogen and oxygen atoms in total. The van der Waals surface area contributed by atoms with Gasteiger partial charge >= 0.3 is 14.2 Å². The van der Waals surface area contributed by atoms with Crippen LogP contribution in [0.15, 0.2) is 36.4 Å². The number of unbranched alkanes of at least 4 members (excludes halogenated alkanes) is 20. The van der Waals surface area contributed by atoms with Crippen molar-refractivity contribution < 1.29 is 28.2 Å². The molecule has 2 saturated heterocycles. The van der Waals surface area contributed by atoms with Gasteiger partial charge in [0.15, 0.2) is 0 Å². The van der Waals surface area contributed by atoms with Crippen molar-refractivity contribution in [3.8, 4) is 0 Å². The maximum atomic E-state index is 15.9. The fourth-order valence-electron chi connectivity index (χ4n) is 12.3. The lowest BCUT2D eigenvalue weighted by atomic mass is 9.75. The number of carbonyl (C=O) groups is 2. The van der Waals surface area contributed by atoms with Gasteiger partial charge in [-0.1, -0.05) is 206 Å². The smallest absolute Gasteiger partial charge is 0.399 e. The number of carbonyl (C=O) groups excluding carboxylic acids is 2. The molecule has 74 heavy (non-hydrogen) atoms. The first-order chi connectivity index (χ1) is 35.4. The zero-order valence-electron chi connectivity index (χ0n) is 49.5. The van der Waals surface area contributed by atoms with Crippen LogP contribution in [-0.4, -0.2) is 61.5 Å². The van der Waals surface area contributed by atoms with Crippen molar-refractivity contribution in [1.29, 1.82) is 0 Å². The van der Waals surface area contributed by atoms with E-state index in [1.54, 1.807) is 0 Å². The maximum Gasteiger partial charge on any atom is 0.494 e. The van der Waals surface area contributed by atoms with Gasteiger partial charge in [-0.15, -0.1) is 0 Å². The van der Waals surface area contributed by atoms with E-state index in [1.807, 2.05) is 0 Å². The van der Waals surface area contributed by atoms with Crippen LogP contribution in [0, 0.1) is 11.8 Å². The molecule has 0 N–H and O–H groups in total. The molecule has 4 aliphatic rings. The topological polar surface area (TPSA) is 77.5 Å². The number of amides is 2. The molecule has 0 radical (unpaired) electrons. The van der Waals surface area contributed by atoms with Crippen LogP contribution < -0.4 is 20.7 Å². The summed E-state index contributed by atoms with van der Waals surface area (Å²) in [5, 5.41) is 0. The molecule has 2 aromatic carbocycles. The minimum Gasteiger partial charge on any atom is -0.399 e. The first-order valence-corrected chi connectivity index (χ1v) is 31.0. The lowest BCUT2D eigenvalue weighted by molar-refractivity contribution is -0.125. The monoisotopic (exact) mass is 1020 g/mol. The Kier molecular flexibility index (Phi) is 23.2. The third kappa shape index (κ3) is 15.3. The highest BCUT2D eigenvalue weighted by molar-refractivity contribution is 6.62. The van der Waals surface area contributed by atoms with Gasteiger partial charge in [-0.05, 0) is 127 Å². The molecule has 2 amide bonds. The van der Waals surface area contributed by atoms with E-state index in [-0.39, 0.29) is 11.8 Å². The van der Waals surface area contributed by atoms with Crippen LogP contribution in [-0.2, 0) is 28.2 Å². The van der Waals surface area contributed by atoms with Crippen molar-refractivity contribution in [2.45, 2.75) is 297 Å². The molecular weight excluding hydrogens is 914 g/mol. The van der Waals surface area contributed by atoms with Crippen molar-refractivity contribution in [3.63, 3.8) is 0 Å². The SMILES string of the molecule is CCCCCCCCC(CCCCCCCC)CN1C(=O)C(C2C(=O)N(CC(CCCCCCCC)CCCCCCCC)c3cc(B4OC(C)(C)C(C)(C)O4)ccc32)c2ccc(B3OC(C)(C)C(C)(C)O3)cc21. The molecule has 4 heterocycles. The van der Waals surface area contributed by atoms with Crippen LogP contribution in [0.4, 0.5) is 11.4 Å². The first-order valence-electron chi connectivity index (χ1n) is 31.0. The summed E-state index contributed by atoms with van der Waals surface area (Å²) in [5.74, 6) is -0.429. The summed E-state index contributed by atoms with van der Waals surface area (Å²) in [7, 11) is -1.12. The van der Waals surface area contributed by atoms with Gasteiger partial charge < -0.3 is 28.4 Å². The van der Waals surface area contributed by atoms with E-state index in [1.165, 1.54) is 154 Å². The summed E-state index contributed by atoms with van der Waals surface area (Å²) in [6.45, 7) is 27.2. The van der Waals surface area contributed by atoms with Crippen LogP contribution in [0.5, 0.6) is 0 Å². The lowest BCUT2D eigenvalue weighted by Gasteiger charge is -2.32. The predicted octanol–water partition coefficient (Wildman–Crippen LogP) is 16.1. The zero-order valence-corrected chi connectivity index (χ0v) is 49.5. The van der Waals surface area contributed by atoms with E-state index >= 15 is 9.59 Å². The Labute approximate surface area is 454 Å². The van der Waals surface area contributed by atoms with E-state index in [0.717, 1.165) is 59.1 Å². The summed E-state index contributed by atoms with van der Waals surface area (Å²) >= 11 is 0. The van der Waals surface area contributed by atoms with Crippen molar-refractivity contribution >= 4 is 48.4 Å². The fraction of sp³-hybridized carbons (Fsp3) is 0.781. The van der Waals surface area contributed by atoms with E-state index < -0.39 is 48.5 Å². The summed E-state index contributed by atoms with van der Waals surface area (Å²) in [6.07, 6.45) is 34.6. The Morgan fingerprint density at radius 3 is 0.932 bits per heavy atom. The second-order valence-electron chi connectivity index (χ2n) is 25.6. The van der Waals surface area contributed by atoms with Gasteiger partial charge in [0.25, 0.3) is 0 Å². The highest BCUT2D eigenvalue weighted by atomic mass is 16.7. The average Bonchev–Trinajstić information content (AvgIpc) is 3.95. The van der Waals surface area contributed by atoms with Crippen LogP contribution in [0.3, 0.4) is 0 Å². The van der Waals surface area contributed by atoms with Crippen molar-refractivity contribution in [3.05, 3.63) is 47.5 Å². The summed E-state index contributed by atoms with van der Waals surface area (Å²) in [4.78, 5) is 36.0. The Bertz CT molecular complexity index is 1850. The molecule has 2 fully saturated rings. The quantitative estimate of drug-likeness (QED) is 0.0506. The van der Waals surface area contributed by atoms with Gasteiger partial charge in [-0.3, -0.25) is 9.59 Å². The number of benzene rings is 2. The average molecular weight is 1020 g/mol. The van der Waals surface area contributed by atoms with Crippen LogP contribution in [0.25, 0.3) is 0 Å². The summed E-state index contributed by atoms with van der Waals surface area (Å²) in [6, 6.07) is 12.8. The van der Waals surface area contributed by atoms with Crippen LogP contribution in [0.2, 0.25) is 0 Å². The molecule has 2 atom stereocenters. The van der Waals surface area contributed by atoms with Crippen LogP contribution in [0.1, 0.15) is 286 Å².